The van der Waals surface area contributed by atoms with Gasteiger partial charge in [-0.1, -0.05) is 6.07 Å². The maximum absolute atomic E-state index is 13.7. The highest BCUT2D eigenvalue weighted by Gasteiger charge is 2.19. The summed E-state index contributed by atoms with van der Waals surface area (Å²) in [5.74, 6) is -3.56. The van der Waals surface area contributed by atoms with Gasteiger partial charge in [0, 0.05) is 5.56 Å². The van der Waals surface area contributed by atoms with E-state index in [4.69, 9.17) is 11.6 Å². The summed E-state index contributed by atoms with van der Waals surface area (Å²) in [5.41, 5.74) is -0.00503. The van der Waals surface area contributed by atoms with Gasteiger partial charge in [-0.2, -0.15) is 0 Å². The number of benzene rings is 2. The van der Waals surface area contributed by atoms with Gasteiger partial charge < -0.3 is 0 Å². The molecular formula is C13H6BrClF4. The topological polar surface area (TPSA) is 0 Å². The first kappa shape index (κ1) is 14.3. The van der Waals surface area contributed by atoms with E-state index in [0.29, 0.717) is 0 Å². The van der Waals surface area contributed by atoms with E-state index < -0.39 is 28.6 Å². The van der Waals surface area contributed by atoms with Crippen molar-refractivity contribution in [3.8, 4) is 0 Å². The molecule has 2 rings (SSSR count). The third-order valence-corrected chi connectivity index (χ3v) is 3.64. The fraction of sp³-hybridized carbons (Fsp3) is 0.0769. The smallest absolute Gasteiger partial charge is 0.159 e. The molecule has 2 aromatic carbocycles. The molecule has 0 nitrogen and oxygen atoms in total. The molecule has 0 aromatic heterocycles. The molecule has 100 valence electrons. The van der Waals surface area contributed by atoms with Crippen LogP contribution in [0.15, 0.2) is 34.8 Å². The lowest BCUT2D eigenvalue weighted by atomic mass is 10.0. The fourth-order valence-corrected chi connectivity index (χ4v) is 2.20. The minimum atomic E-state index is -1.11. The minimum absolute atomic E-state index is 0.0390. The van der Waals surface area contributed by atoms with Crippen molar-refractivity contribution >= 4 is 27.5 Å². The van der Waals surface area contributed by atoms with E-state index >= 15 is 0 Å². The standard InChI is InChI=1S/C13H6BrClF4/c14-8-5-10(17)7(4-11(8)18)13(15)6-1-2-9(16)12(19)3-6/h1-5,13H. The second kappa shape index (κ2) is 5.51. The largest absolute Gasteiger partial charge is 0.207 e. The Morgan fingerprint density at radius 2 is 1.53 bits per heavy atom. The van der Waals surface area contributed by atoms with Crippen molar-refractivity contribution in [3.05, 3.63) is 69.2 Å². The first-order valence-corrected chi connectivity index (χ1v) is 6.36. The average Bonchev–Trinajstić information content (AvgIpc) is 2.36. The molecule has 1 unspecified atom stereocenters. The van der Waals surface area contributed by atoms with Crippen LogP contribution in [-0.2, 0) is 0 Å². The van der Waals surface area contributed by atoms with Gasteiger partial charge in [-0.05, 0) is 45.8 Å². The lowest BCUT2D eigenvalue weighted by molar-refractivity contribution is 0.507. The Morgan fingerprint density at radius 3 is 2.16 bits per heavy atom. The Hall–Kier alpha value is -1.07. The predicted molar refractivity (Wildman–Crippen MR) is 68.1 cm³/mol. The van der Waals surface area contributed by atoms with E-state index in [1.807, 2.05) is 0 Å². The molecule has 0 amide bonds. The Morgan fingerprint density at radius 1 is 0.842 bits per heavy atom. The second-order valence-electron chi connectivity index (χ2n) is 3.82. The van der Waals surface area contributed by atoms with Crippen molar-refractivity contribution in [2.75, 3.05) is 0 Å². The summed E-state index contributed by atoms with van der Waals surface area (Å²) in [6.45, 7) is 0. The average molecular weight is 354 g/mol. The Balaban J connectivity index is 2.46. The van der Waals surface area contributed by atoms with Gasteiger partial charge in [0.1, 0.15) is 11.6 Å². The van der Waals surface area contributed by atoms with Crippen LogP contribution in [0.5, 0.6) is 0 Å². The van der Waals surface area contributed by atoms with Crippen LogP contribution in [0.2, 0.25) is 0 Å². The normalized spacial score (nSPS) is 12.5. The summed E-state index contributed by atoms with van der Waals surface area (Å²) in [6.07, 6.45) is 0. The van der Waals surface area contributed by atoms with Gasteiger partial charge in [0.05, 0.1) is 9.85 Å². The van der Waals surface area contributed by atoms with Crippen molar-refractivity contribution in [3.63, 3.8) is 0 Å². The van der Waals surface area contributed by atoms with Crippen molar-refractivity contribution in [2.45, 2.75) is 5.38 Å². The zero-order chi connectivity index (χ0) is 14.2. The van der Waals surface area contributed by atoms with E-state index in [1.54, 1.807) is 0 Å². The SMILES string of the molecule is Fc1ccc(C(Cl)c2cc(F)c(Br)cc2F)cc1F. The van der Waals surface area contributed by atoms with E-state index in [2.05, 4.69) is 15.9 Å². The molecule has 0 radical (unpaired) electrons. The first-order chi connectivity index (χ1) is 8.90. The van der Waals surface area contributed by atoms with Crippen molar-refractivity contribution in [1.82, 2.24) is 0 Å². The summed E-state index contributed by atoms with van der Waals surface area (Å²) < 4.78 is 52.9. The zero-order valence-electron chi connectivity index (χ0n) is 9.23. The molecule has 0 aliphatic carbocycles. The maximum Gasteiger partial charge on any atom is 0.159 e. The predicted octanol–water partition coefficient (Wildman–Crippen LogP) is 5.33. The van der Waals surface area contributed by atoms with Gasteiger partial charge >= 0.3 is 0 Å². The molecule has 2 aromatic rings. The van der Waals surface area contributed by atoms with Gasteiger partial charge in [0.15, 0.2) is 11.6 Å². The monoisotopic (exact) mass is 352 g/mol. The fourth-order valence-electron chi connectivity index (χ4n) is 1.58. The highest BCUT2D eigenvalue weighted by Crippen LogP contribution is 2.33. The zero-order valence-corrected chi connectivity index (χ0v) is 11.6. The van der Waals surface area contributed by atoms with Crippen LogP contribution in [0.4, 0.5) is 17.6 Å². The summed E-state index contributed by atoms with van der Waals surface area (Å²) in [6, 6.07) is 4.80. The number of alkyl halides is 1. The molecule has 0 spiro atoms. The molecule has 0 saturated carbocycles. The Kier molecular flexibility index (Phi) is 4.16. The van der Waals surface area contributed by atoms with Crippen LogP contribution in [0.25, 0.3) is 0 Å². The first-order valence-electron chi connectivity index (χ1n) is 5.13. The molecule has 0 saturated heterocycles. The van der Waals surface area contributed by atoms with Crippen LogP contribution in [0.1, 0.15) is 16.5 Å². The summed E-state index contributed by atoms with van der Waals surface area (Å²) in [4.78, 5) is 0. The summed E-state index contributed by atoms with van der Waals surface area (Å²) >= 11 is 8.81. The van der Waals surface area contributed by atoms with E-state index in [-0.39, 0.29) is 15.6 Å². The maximum atomic E-state index is 13.7. The Labute approximate surface area is 120 Å². The molecule has 0 bridgehead atoms. The van der Waals surface area contributed by atoms with Crippen molar-refractivity contribution in [2.24, 2.45) is 0 Å². The molecule has 6 heteroatoms. The van der Waals surface area contributed by atoms with Crippen LogP contribution in [0, 0.1) is 23.3 Å². The quantitative estimate of drug-likeness (QED) is 0.389. The molecule has 0 aliphatic heterocycles. The van der Waals surface area contributed by atoms with E-state index in [9.17, 15) is 17.6 Å². The molecule has 0 N–H and O–H groups in total. The van der Waals surface area contributed by atoms with Crippen molar-refractivity contribution in [1.29, 1.82) is 0 Å². The van der Waals surface area contributed by atoms with Gasteiger partial charge in [0.2, 0.25) is 0 Å². The highest BCUT2D eigenvalue weighted by atomic mass is 79.9. The molecule has 19 heavy (non-hydrogen) atoms. The van der Waals surface area contributed by atoms with Gasteiger partial charge in [-0.15, -0.1) is 11.6 Å². The molecule has 0 heterocycles. The highest BCUT2D eigenvalue weighted by molar-refractivity contribution is 9.10. The third kappa shape index (κ3) is 2.92. The van der Waals surface area contributed by atoms with Crippen LogP contribution >= 0.6 is 27.5 Å². The van der Waals surface area contributed by atoms with E-state index in [1.165, 1.54) is 6.07 Å². The van der Waals surface area contributed by atoms with Crippen LogP contribution in [0.3, 0.4) is 0 Å². The summed E-state index contributed by atoms with van der Waals surface area (Å²) in [5, 5.41) is -1.11. The summed E-state index contributed by atoms with van der Waals surface area (Å²) in [7, 11) is 0. The number of rotatable bonds is 2. The van der Waals surface area contributed by atoms with Gasteiger partial charge in [-0.3, -0.25) is 0 Å². The molecule has 0 aliphatic rings. The number of halogens is 6. The van der Waals surface area contributed by atoms with Gasteiger partial charge in [-0.25, -0.2) is 17.6 Å². The lowest BCUT2D eigenvalue weighted by Gasteiger charge is -2.12. The van der Waals surface area contributed by atoms with Crippen molar-refractivity contribution < 1.29 is 17.6 Å². The molecular weight excluding hydrogens is 347 g/mol. The lowest BCUT2D eigenvalue weighted by Crippen LogP contribution is -2.00. The minimum Gasteiger partial charge on any atom is -0.207 e. The van der Waals surface area contributed by atoms with Crippen LogP contribution < -0.4 is 0 Å². The molecule has 1 atom stereocenters. The second-order valence-corrected chi connectivity index (χ2v) is 5.11. The van der Waals surface area contributed by atoms with Crippen LogP contribution in [-0.4, -0.2) is 0 Å². The third-order valence-electron chi connectivity index (χ3n) is 2.55. The van der Waals surface area contributed by atoms with E-state index in [0.717, 1.165) is 24.3 Å². The Bertz CT molecular complexity index is 630. The number of hydrogen-bond donors (Lipinski definition) is 0. The van der Waals surface area contributed by atoms with Gasteiger partial charge in [0.25, 0.3) is 0 Å². The number of hydrogen-bond acceptors (Lipinski definition) is 0. The molecule has 0 fully saturated rings.